The van der Waals surface area contributed by atoms with Gasteiger partial charge in [0.05, 0.1) is 23.0 Å². The lowest BCUT2D eigenvalue weighted by Crippen LogP contribution is -2.26. The highest BCUT2D eigenvalue weighted by Gasteiger charge is 2.16. The van der Waals surface area contributed by atoms with Crippen molar-refractivity contribution < 1.29 is 14.7 Å². The molecular weight excluding hydrogens is 318 g/mol. The highest BCUT2D eigenvalue weighted by atomic mass is 16.4. The van der Waals surface area contributed by atoms with Gasteiger partial charge in [-0.05, 0) is 36.5 Å². The number of hydrogen-bond acceptors (Lipinski definition) is 3. The minimum absolute atomic E-state index is 0.138. The van der Waals surface area contributed by atoms with Crippen molar-refractivity contribution in [2.75, 3.05) is 6.54 Å². The molecule has 2 aromatic rings. The van der Waals surface area contributed by atoms with Crippen molar-refractivity contribution in [3.8, 4) is 0 Å². The summed E-state index contributed by atoms with van der Waals surface area (Å²) in [6.45, 7) is 7.49. The first kappa shape index (κ1) is 18.7. The number of carbonyl (C=O) groups is 2. The molecule has 0 radical (unpaired) electrons. The SMILES string of the molecule is CCc1c(C(=O)NCCc2cccc(C(=O)O)c2)cnn1CC(C)C. The van der Waals surface area contributed by atoms with E-state index in [-0.39, 0.29) is 11.5 Å². The van der Waals surface area contributed by atoms with Crippen LogP contribution in [0.2, 0.25) is 0 Å². The maximum atomic E-state index is 12.4. The van der Waals surface area contributed by atoms with E-state index in [4.69, 9.17) is 5.11 Å². The van der Waals surface area contributed by atoms with Crippen molar-refractivity contribution in [3.05, 3.63) is 52.8 Å². The fourth-order valence-electron chi connectivity index (χ4n) is 2.75. The largest absolute Gasteiger partial charge is 0.478 e. The number of aromatic carboxylic acids is 1. The van der Waals surface area contributed by atoms with Crippen LogP contribution in [0.1, 0.15) is 52.7 Å². The average molecular weight is 343 g/mol. The molecule has 2 N–H and O–H groups in total. The Balaban J connectivity index is 1.98. The molecule has 6 nitrogen and oxygen atoms in total. The van der Waals surface area contributed by atoms with E-state index in [1.54, 1.807) is 24.4 Å². The predicted molar refractivity (Wildman–Crippen MR) is 95.9 cm³/mol. The summed E-state index contributed by atoms with van der Waals surface area (Å²) in [5, 5.41) is 16.2. The monoisotopic (exact) mass is 343 g/mol. The Morgan fingerprint density at radius 2 is 2.08 bits per heavy atom. The molecule has 0 saturated heterocycles. The van der Waals surface area contributed by atoms with Gasteiger partial charge in [-0.25, -0.2) is 4.79 Å². The standard InChI is InChI=1S/C19H25N3O3/c1-4-17-16(11-21-22(17)12-13(2)3)18(23)20-9-8-14-6-5-7-15(10-14)19(24)25/h5-7,10-11,13H,4,8-9,12H2,1-3H3,(H,20,23)(H,24,25). The number of rotatable bonds is 8. The fraction of sp³-hybridized carbons (Fsp3) is 0.421. The molecule has 0 spiro atoms. The number of benzene rings is 1. The topological polar surface area (TPSA) is 84.2 Å². The summed E-state index contributed by atoms with van der Waals surface area (Å²) in [4.78, 5) is 23.4. The Morgan fingerprint density at radius 3 is 2.72 bits per heavy atom. The highest BCUT2D eigenvalue weighted by Crippen LogP contribution is 2.12. The van der Waals surface area contributed by atoms with E-state index in [0.29, 0.717) is 24.4 Å². The van der Waals surface area contributed by atoms with Crippen molar-refractivity contribution in [2.45, 2.75) is 40.2 Å². The van der Waals surface area contributed by atoms with Crippen LogP contribution in [0.4, 0.5) is 0 Å². The third-order valence-corrected chi connectivity index (χ3v) is 3.94. The van der Waals surface area contributed by atoms with E-state index >= 15 is 0 Å². The summed E-state index contributed by atoms with van der Waals surface area (Å²) in [5.41, 5.74) is 2.69. The van der Waals surface area contributed by atoms with Crippen molar-refractivity contribution in [1.29, 1.82) is 0 Å². The summed E-state index contributed by atoms with van der Waals surface area (Å²) < 4.78 is 1.90. The number of amides is 1. The lowest BCUT2D eigenvalue weighted by Gasteiger charge is -2.10. The molecule has 25 heavy (non-hydrogen) atoms. The van der Waals surface area contributed by atoms with Crippen molar-refractivity contribution >= 4 is 11.9 Å². The van der Waals surface area contributed by atoms with Crippen LogP contribution in [0.5, 0.6) is 0 Å². The Morgan fingerprint density at radius 1 is 1.32 bits per heavy atom. The molecular formula is C19H25N3O3. The van der Waals surface area contributed by atoms with Crippen LogP contribution < -0.4 is 5.32 Å². The summed E-state index contributed by atoms with van der Waals surface area (Å²) >= 11 is 0. The lowest BCUT2D eigenvalue weighted by molar-refractivity contribution is 0.0696. The van der Waals surface area contributed by atoms with Gasteiger partial charge < -0.3 is 10.4 Å². The number of nitrogens with zero attached hydrogens (tertiary/aromatic N) is 2. The van der Waals surface area contributed by atoms with Gasteiger partial charge in [-0.1, -0.05) is 32.9 Å². The second-order valence-corrected chi connectivity index (χ2v) is 6.45. The van der Waals surface area contributed by atoms with Gasteiger partial charge in [-0.15, -0.1) is 0 Å². The minimum Gasteiger partial charge on any atom is -0.478 e. The molecule has 0 saturated carbocycles. The van der Waals surface area contributed by atoms with E-state index in [9.17, 15) is 9.59 Å². The Labute approximate surface area is 147 Å². The zero-order valence-corrected chi connectivity index (χ0v) is 15.0. The average Bonchev–Trinajstić information content (AvgIpc) is 2.97. The molecule has 1 amide bonds. The van der Waals surface area contributed by atoms with E-state index in [2.05, 4.69) is 24.3 Å². The Hall–Kier alpha value is -2.63. The lowest BCUT2D eigenvalue weighted by atomic mass is 10.1. The first-order valence-corrected chi connectivity index (χ1v) is 8.57. The molecule has 1 heterocycles. The van der Waals surface area contributed by atoms with Crippen LogP contribution >= 0.6 is 0 Å². The molecule has 0 bridgehead atoms. The summed E-state index contributed by atoms with van der Waals surface area (Å²) in [6, 6.07) is 6.76. The minimum atomic E-state index is -0.948. The highest BCUT2D eigenvalue weighted by molar-refractivity contribution is 5.95. The van der Waals surface area contributed by atoms with Crippen LogP contribution in [0, 0.1) is 5.92 Å². The van der Waals surface area contributed by atoms with E-state index in [0.717, 1.165) is 24.2 Å². The van der Waals surface area contributed by atoms with Crippen LogP contribution in [0.25, 0.3) is 0 Å². The van der Waals surface area contributed by atoms with Crippen molar-refractivity contribution in [3.63, 3.8) is 0 Å². The van der Waals surface area contributed by atoms with E-state index < -0.39 is 5.97 Å². The Bertz CT molecular complexity index is 750. The van der Waals surface area contributed by atoms with Gasteiger partial charge in [-0.2, -0.15) is 5.10 Å². The van der Waals surface area contributed by atoms with Gasteiger partial charge in [-0.3, -0.25) is 9.48 Å². The normalized spacial score (nSPS) is 10.9. The molecule has 0 aliphatic carbocycles. The molecule has 134 valence electrons. The third kappa shape index (κ3) is 4.92. The number of carbonyl (C=O) groups excluding carboxylic acids is 1. The first-order chi connectivity index (χ1) is 11.9. The quantitative estimate of drug-likeness (QED) is 0.772. The predicted octanol–water partition coefficient (Wildman–Crippen LogP) is 2.77. The third-order valence-electron chi connectivity index (χ3n) is 3.94. The first-order valence-electron chi connectivity index (χ1n) is 8.57. The van der Waals surface area contributed by atoms with Crippen molar-refractivity contribution in [2.24, 2.45) is 5.92 Å². The van der Waals surface area contributed by atoms with E-state index in [1.165, 1.54) is 0 Å². The van der Waals surface area contributed by atoms with Crippen LogP contribution in [0.15, 0.2) is 30.5 Å². The molecule has 0 aliphatic rings. The molecule has 2 rings (SSSR count). The summed E-state index contributed by atoms with van der Waals surface area (Å²) in [6.07, 6.45) is 2.95. The number of hydrogen-bond donors (Lipinski definition) is 2. The molecule has 0 atom stereocenters. The fourth-order valence-corrected chi connectivity index (χ4v) is 2.75. The summed E-state index contributed by atoms with van der Waals surface area (Å²) in [5.74, 6) is -0.625. The zero-order valence-electron chi connectivity index (χ0n) is 15.0. The molecule has 1 aromatic heterocycles. The number of nitrogens with one attached hydrogen (secondary N) is 1. The maximum Gasteiger partial charge on any atom is 0.335 e. The zero-order chi connectivity index (χ0) is 18.4. The molecule has 1 aromatic carbocycles. The van der Waals surface area contributed by atoms with Gasteiger partial charge in [0.25, 0.3) is 5.91 Å². The second kappa shape index (κ2) is 8.46. The van der Waals surface area contributed by atoms with Crippen LogP contribution in [-0.4, -0.2) is 33.3 Å². The molecule has 6 heteroatoms. The maximum absolute atomic E-state index is 12.4. The number of carboxylic acids is 1. The van der Waals surface area contributed by atoms with Gasteiger partial charge in [0.1, 0.15) is 0 Å². The van der Waals surface area contributed by atoms with Gasteiger partial charge in [0.2, 0.25) is 0 Å². The van der Waals surface area contributed by atoms with Gasteiger partial charge in [0.15, 0.2) is 0 Å². The van der Waals surface area contributed by atoms with Crippen molar-refractivity contribution in [1.82, 2.24) is 15.1 Å². The summed E-state index contributed by atoms with van der Waals surface area (Å²) in [7, 11) is 0. The Kier molecular flexibility index (Phi) is 6.33. The molecule has 0 fully saturated rings. The second-order valence-electron chi connectivity index (χ2n) is 6.45. The van der Waals surface area contributed by atoms with Gasteiger partial charge in [0, 0.05) is 13.1 Å². The van der Waals surface area contributed by atoms with Crippen LogP contribution in [-0.2, 0) is 19.4 Å². The number of aromatic nitrogens is 2. The number of carboxylic acid groups (broad SMARTS) is 1. The van der Waals surface area contributed by atoms with E-state index in [1.807, 2.05) is 17.7 Å². The smallest absolute Gasteiger partial charge is 0.335 e. The molecule has 0 unspecified atom stereocenters. The van der Waals surface area contributed by atoms with Crippen LogP contribution in [0.3, 0.4) is 0 Å². The molecule has 0 aliphatic heterocycles. The van der Waals surface area contributed by atoms with Gasteiger partial charge >= 0.3 is 5.97 Å².